The zero-order chi connectivity index (χ0) is 9.90. The fourth-order valence-corrected chi connectivity index (χ4v) is 1.84. The lowest BCUT2D eigenvalue weighted by Crippen LogP contribution is -2.65. The van der Waals surface area contributed by atoms with Crippen molar-refractivity contribution >= 4 is 5.91 Å². The molecular weight excluding hydrogens is 168 g/mol. The number of ether oxygens (including phenoxy) is 1. The standard InChI is InChI=1S/C9H18N2O2/c1-3-11-9(8(10)12)5-7(6-9)13-4-2/h7,11H,3-6H2,1-2H3,(H2,10,12). The van der Waals surface area contributed by atoms with Crippen LogP contribution in [-0.2, 0) is 9.53 Å². The molecule has 0 aliphatic heterocycles. The van der Waals surface area contributed by atoms with Crippen LogP contribution in [0.2, 0.25) is 0 Å². The molecule has 0 aromatic rings. The molecule has 1 aliphatic carbocycles. The zero-order valence-electron chi connectivity index (χ0n) is 8.30. The molecule has 4 nitrogen and oxygen atoms in total. The summed E-state index contributed by atoms with van der Waals surface area (Å²) >= 11 is 0. The van der Waals surface area contributed by atoms with Gasteiger partial charge in [0.1, 0.15) is 5.54 Å². The molecule has 0 aromatic heterocycles. The van der Waals surface area contributed by atoms with Gasteiger partial charge in [-0.05, 0) is 13.5 Å². The summed E-state index contributed by atoms with van der Waals surface area (Å²) in [5.74, 6) is -0.259. The van der Waals surface area contributed by atoms with Gasteiger partial charge < -0.3 is 15.8 Å². The first-order valence-electron chi connectivity index (χ1n) is 4.81. The largest absolute Gasteiger partial charge is 0.378 e. The number of carbonyl (C=O) groups excluding carboxylic acids is 1. The Morgan fingerprint density at radius 1 is 1.62 bits per heavy atom. The molecule has 0 aromatic carbocycles. The monoisotopic (exact) mass is 186 g/mol. The molecule has 0 saturated heterocycles. The van der Waals surface area contributed by atoms with Crippen LogP contribution in [-0.4, -0.2) is 30.7 Å². The number of likely N-dealkylation sites (N-methyl/N-ethyl adjacent to an activating group) is 1. The lowest BCUT2D eigenvalue weighted by Gasteiger charge is -2.45. The Kier molecular flexibility index (Phi) is 3.27. The van der Waals surface area contributed by atoms with Crippen molar-refractivity contribution in [2.24, 2.45) is 5.73 Å². The predicted molar refractivity (Wildman–Crippen MR) is 50.3 cm³/mol. The zero-order valence-corrected chi connectivity index (χ0v) is 8.30. The summed E-state index contributed by atoms with van der Waals surface area (Å²) in [6.07, 6.45) is 1.63. The lowest BCUT2D eigenvalue weighted by atomic mass is 9.73. The van der Waals surface area contributed by atoms with E-state index >= 15 is 0 Å². The molecule has 13 heavy (non-hydrogen) atoms. The van der Waals surface area contributed by atoms with Gasteiger partial charge >= 0.3 is 0 Å². The highest BCUT2D eigenvalue weighted by Crippen LogP contribution is 2.34. The number of amides is 1. The third kappa shape index (κ3) is 2.00. The van der Waals surface area contributed by atoms with Crippen molar-refractivity contribution in [3.8, 4) is 0 Å². The highest BCUT2D eigenvalue weighted by atomic mass is 16.5. The van der Waals surface area contributed by atoms with E-state index in [1.54, 1.807) is 0 Å². The SMILES string of the molecule is CCNC1(C(N)=O)CC(OCC)C1. The average Bonchev–Trinajstić information content (AvgIpc) is 2.00. The third-order valence-electron chi connectivity index (χ3n) is 2.54. The van der Waals surface area contributed by atoms with E-state index in [1.807, 2.05) is 13.8 Å². The van der Waals surface area contributed by atoms with Crippen LogP contribution in [0.1, 0.15) is 26.7 Å². The van der Waals surface area contributed by atoms with E-state index in [1.165, 1.54) is 0 Å². The number of rotatable bonds is 5. The molecule has 76 valence electrons. The van der Waals surface area contributed by atoms with Crippen LogP contribution in [0.3, 0.4) is 0 Å². The average molecular weight is 186 g/mol. The van der Waals surface area contributed by atoms with Gasteiger partial charge in [-0.1, -0.05) is 6.92 Å². The molecule has 0 radical (unpaired) electrons. The van der Waals surface area contributed by atoms with Crippen LogP contribution in [0.15, 0.2) is 0 Å². The maximum atomic E-state index is 11.1. The van der Waals surface area contributed by atoms with Crippen LogP contribution in [0, 0.1) is 0 Å². The maximum Gasteiger partial charge on any atom is 0.237 e. The van der Waals surface area contributed by atoms with Crippen molar-refractivity contribution in [1.29, 1.82) is 0 Å². The smallest absolute Gasteiger partial charge is 0.237 e. The molecule has 1 aliphatic rings. The van der Waals surface area contributed by atoms with Crippen molar-refractivity contribution < 1.29 is 9.53 Å². The third-order valence-corrected chi connectivity index (χ3v) is 2.54. The van der Waals surface area contributed by atoms with Gasteiger partial charge in [-0.2, -0.15) is 0 Å². The van der Waals surface area contributed by atoms with E-state index in [4.69, 9.17) is 10.5 Å². The molecule has 3 N–H and O–H groups in total. The molecule has 0 atom stereocenters. The summed E-state index contributed by atoms with van der Waals surface area (Å²) in [5.41, 5.74) is 4.83. The fourth-order valence-electron chi connectivity index (χ4n) is 1.84. The van der Waals surface area contributed by atoms with E-state index in [2.05, 4.69) is 5.32 Å². The summed E-state index contributed by atoms with van der Waals surface area (Å²) in [5, 5.41) is 3.13. The lowest BCUT2D eigenvalue weighted by molar-refractivity contribution is -0.136. The van der Waals surface area contributed by atoms with E-state index in [-0.39, 0.29) is 12.0 Å². The molecule has 0 unspecified atom stereocenters. The minimum Gasteiger partial charge on any atom is -0.378 e. The molecule has 1 rings (SSSR count). The Bertz CT molecular complexity index is 188. The first-order valence-corrected chi connectivity index (χ1v) is 4.81. The van der Waals surface area contributed by atoms with Crippen molar-refractivity contribution in [2.45, 2.75) is 38.3 Å². The second kappa shape index (κ2) is 4.07. The molecule has 0 bridgehead atoms. The second-order valence-electron chi connectivity index (χ2n) is 3.46. The van der Waals surface area contributed by atoms with Crippen LogP contribution >= 0.6 is 0 Å². The number of primary amides is 1. The summed E-state index contributed by atoms with van der Waals surface area (Å²) < 4.78 is 5.38. The molecule has 0 heterocycles. The van der Waals surface area contributed by atoms with E-state index < -0.39 is 5.54 Å². The normalized spacial score (nSPS) is 32.6. The Labute approximate surface area is 78.8 Å². The van der Waals surface area contributed by atoms with Crippen LogP contribution in [0.25, 0.3) is 0 Å². The summed E-state index contributed by atoms with van der Waals surface area (Å²) in [6.45, 7) is 5.39. The molecule has 0 spiro atoms. The quantitative estimate of drug-likeness (QED) is 0.636. The van der Waals surface area contributed by atoms with Gasteiger partial charge in [-0.3, -0.25) is 4.79 Å². The van der Waals surface area contributed by atoms with Crippen LogP contribution in [0.5, 0.6) is 0 Å². The van der Waals surface area contributed by atoms with Gasteiger partial charge in [0.15, 0.2) is 0 Å². The van der Waals surface area contributed by atoms with E-state index in [0.717, 1.165) is 6.54 Å². The maximum absolute atomic E-state index is 11.1. The van der Waals surface area contributed by atoms with Crippen molar-refractivity contribution in [1.82, 2.24) is 5.32 Å². The molecule has 1 amide bonds. The Morgan fingerprint density at radius 3 is 2.62 bits per heavy atom. The van der Waals surface area contributed by atoms with Crippen molar-refractivity contribution in [3.05, 3.63) is 0 Å². The summed E-state index contributed by atoms with van der Waals surface area (Å²) in [6, 6.07) is 0. The van der Waals surface area contributed by atoms with Crippen LogP contribution in [0.4, 0.5) is 0 Å². The number of nitrogens with two attached hydrogens (primary N) is 1. The van der Waals surface area contributed by atoms with Gasteiger partial charge in [0.25, 0.3) is 0 Å². The first kappa shape index (κ1) is 10.5. The van der Waals surface area contributed by atoms with E-state index in [9.17, 15) is 4.79 Å². The van der Waals surface area contributed by atoms with Gasteiger partial charge in [0.2, 0.25) is 5.91 Å². The fraction of sp³-hybridized carbons (Fsp3) is 0.889. The topological polar surface area (TPSA) is 64.3 Å². The van der Waals surface area contributed by atoms with Gasteiger partial charge in [0, 0.05) is 19.4 Å². The van der Waals surface area contributed by atoms with Gasteiger partial charge in [-0.25, -0.2) is 0 Å². The molecule has 1 fully saturated rings. The molecule has 1 saturated carbocycles. The minimum atomic E-state index is -0.491. The van der Waals surface area contributed by atoms with Crippen LogP contribution < -0.4 is 11.1 Å². The number of carbonyl (C=O) groups is 1. The minimum absolute atomic E-state index is 0.205. The number of nitrogens with one attached hydrogen (secondary N) is 1. The van der Waals surface area contributed by atoms with E-state index in [0.29, 0.717) is 19.4 Å². The predicted octanol–water partition coefficient (Wildman–Crippen LogP) is 0.0189. The van der Waals surface area contributed by atoms with Gasteiger partial charge in [-0.15, -0.1) is 0 Å². The van der Waals surface area contributed by atoms with Crippen molar-refractivity contribution in [3.63, 3.8) is 0 Å². The molecular formula is C9H18N2O2. The Balaban J connectivity index is 2.43. The number of hydrogen-bond donors (Lipinski definition) is 2. The van der Waals surface area contributed by atoms with Crippen molar-refractivity contribution in [2.75, 3.05) is 13.2 Å². The summed E-state index contributed by atoms with van der Waals surface area (Å²) in [4.78, 5) is 11.1. The highest BCUT2D eigenvalue weighted by Gasteiger charge is 2.48. The van der Waals surface area contributed by atoms with Gasteiger partial charge in [0.05, 0.1) is 6.10 Å². The highest BCUT2D eigenvalue weighted by molar-refractivity contribution is 5.86. The molecule has 4 heteroatoms. The summed E-state index contributed by atoms with van der Waals surface area (Å²) in [7, 11) is 0. The Hall–Kier alpha value is -0.610. The number of hydrogen-bond acceptors (Lipinski definition) is 3. The Morgan fingerprint density at radius 2 is 2.23 bits per heavy atom. The first-order chi connectivity index (χ1) is 6.14. The second-order valence-corrected chi connectivity index (χ2v) is 3.46.